The molecule has 1 saturated heterocycles. The first kappa shape index (κ1) is 23.1. The topological polar surface area (TPSA) is 75.7 Å². The van der Waals surface area contributed by atoms with Gasteiger partial charge in [0.15, 0.2) is 0 Å². The van der Waals surface area contributed by atoms with E-state index in [0.717, 1.165) is 19.3 Å². The molecule has 0 bridgehead atoms. The fourth-order valence-corrected chi connectivity index (χ4v) is 5.10. The number of benzene rings is 2. The van der Waals surface area contributed by atoms with Crippen molar-refractivity contribution in [3.63, 3.8) is 0 Å². The van der Waals surface area contributed by atoms with Crippen molar-refractivity contribution in [3.05, 3.63) is 59.7 Å². The van der Waals surface area contributed by atoms with Crippen LogP contribution in [0, 0.1) is 0 Å². The normalized spacial score (nSPS) is 15.5. The lowest BCUT2D eigenvalue weighted by Gasteiger charge is -2.26. The first-order valence-corrected chi connectivity index (χ1v) is 11.3. The van der Waals surface area contributed by atoms with Gasteiger partial charge in [0.1, 0.15) is 5.75 Å². The average molecular weight is 456 g/mol. The maximum absolute atomic E-state index is 13.0. The van der Waals surface area contributed by atoms with Crippen molar-refractivity contribution in [2.45, 2.75) is 36.9 Å². The molecule has 1 heterocycles. The number of sulfonamides is 1. The molecule has 0 radical (unpaired) electrons. The van der Waals surface area contributed by atoms with E-state index in [1.165, 1.54) is 40.7 Å². The summed E-state index contributed by atoms with van der Waals surface area (Å²) in [6.45, 7) is 1.06. The lowest BCUT2D eigenvalue weighted by atomic mass is 10.1. The van der Waals surface area contributed by atoms with E-state index in [1.54, 1.807) is 12.1 Å². The Labute approximate surface area is 179 Å². The van der Waals surface area contributed by atoms with Gasteiger partial charge in [-0.3, -0.25) is 4.79 Å². The fourth-order valence-electron chi connectivity index (χ4n) is 3.40. The Morgan fingerprint density at radius 2 is 1.65 bits per heavy atom. The minimum absolute atomic E-state index is 0.0250. The number of carbonyl (C=O) groups excluding carboxylic acids is 1. The van der Waals surface area contributed by atoms with Crippen LogP contribution in [0.3, 0.4) is 0 Å². The van der Waals surface area contributed by atoms with E-state index in [-0.39, 0.29) is 22.8 Å². The Balaban J connectivity index is 1.63. The summed E-state index contributed by atoms with van der Waals surface area (Å²) >= 11 is 0. The van der Waals surface area contributed by atoms with Crippen LogP contribution in [0.2, 0.25) is 0 Å². The molecular weight excluding hydrogens is 433 g/mol. The van der Waals surface area contributed by atoms with Crippen LogP contribution in [-0.2, 0) is 16.4 Å². The summed E-state index contributed by atoms with van der Waals surface area (Å²) in [5.41, 5.74) is 0.769. The van der Waals surface area contributed by atoms with Crippen molar-refractivity contribution < 1.29 is 31.1 Å². The van der Waals surface area contributed by atoms with Crippen molar-refractivity contribution in [2.24, 2.45) is 0 Å². The molecule has 1 aliphatic rings. The summed E-state index contributed by atoms with van der Waals surface area (Å²) in [5.74, 6) is -0.842. The molecule has 1 fully saturated rings. The lowest BCUT2D eigenvalue weighted by Crippen LogP contribution is -2.37. The molecule has 1 N–H and O–H groups in total. The molecule has 0 aliphatic carbocycles. The highest BCUT2D eigenvalue weighted by Gasteiger charge is 2.31. The van der Waals surface area contributed by atoms with Gasteiger partial charge in [0.2, 0.25) is 10.0 Å². The Hall–Kier alpha value is -2.59. The van der Waals surface area contributed by atoms with Gasteiger partial charge in [0.05, 0.1) is 10.5 Å². The van der Waals surface area contributed by atoms with Crippen molar-refractivity contribution in [2.75, 3.05) is 19.6 Å². The van der Waals surface area contributed by atoms with Crippen molar-refractivity contribution in [1.29, 1.82) is 0 Å². The van der Waals surface area contributed by atoms with Gasteiger partial charge in [-0.15, -0.1) is 13.2 Å². The lowest BCUT2D eigenvalue weighted by molar-refractivity contribution is -0.274. The quantitative estimate of drug-likeness (QED) is 0.689. The molecule has 2 aromatic carbocycles. The first-order chi connectivity index (χ1) is 14.7. The van der Waals surface area contributed by atoms with Gasteiger partial charge >= 0.3 is 6.36 Å². The zero-order valence-corrected chi connectivity index (χ0v) is 17.5. The molecule has 31 heavy (non-hydrogen) atoms. The summed E-state index contributed by atoms with van der Waals surface area (Å²) < 4.78 is 67.9. The van der Waals surface area contributed by atoms with E-state index in [0.29, 0.717) is 25.1 Å². The molecule has 0 atom stereocenters. The minimum Gasteiger partial charge on any atom is -0.406 e. The number of carbonyl (C=O) groups is 1. The summed E-state index contributed by atoms with van der Waals surface area (Å²) in [6.07, 6.45) is -1.82. The Morgan fingerprint density at radius 3 is 2.29 bits per heavy atom. The number of ether oxygens (including phenoxy) is 1. The average Bonchev–Trinajstić information content (AvgIpc) is 2.74. The number of nitrogens with zero attached hydrogens (tertiary/aromatic N) is 1. The Bertz CT molecular complexity index is 1000. The summed E-state index contributed by atoms with van der Waals surface area (Å²) in [4.78, 5) is 12.6. The second-order valence-electron chi connectivity index (χ2n) is 7.16. The van der Waals surface area contributed by atoms with Crippen molar-refractivity contribution in [1.82, 2.24) is 9.62 Å². The summed E-state index contributed by atoms with van der Waals surface area (Å²) in [6, 6.07) is 11.4. The number of nitrogens with one attached hydrogen (secondary N) is 1. The second-order valence-corrected chi connectivity index (χ2v) is 9.06. The molecule has 0 aromatic heterocycles. The summed E-state index contributed by atoms with van der Waals surface area (Å²) in [7, 11) is -3.77. The number of piperidine rings is 1. The molecule has 168 valence electrons. The maximum Gasteiger partial charge on any atom is 0.573 e. The predicted octanol–water partition coefficient (Wildman–Crippen LogP) is 3.73. The fraction of sp³-hybridized carbons (Fsp3) is 0.381. The predicted molar refractivity (Wildman–Crippen MR) is 108 cm³/mol. The van der Waals surface area contributed by atoms with Crippen LogP contribution in [0.25, 0.3) is 0 Å². The zero-order chi connectivity index (χ0) is 22.5. The van der Waals surface area contributed by atoms with Gasteiger partial charge in [-0.1, -0.05) is 30.7 Å². The first-order valence-electron chi connectivity index (χ1n) is 9.89. The highest BCUT2D eigenvalue weighted by molar-refractivity contribution is 7.89. The van der Waals surface area contributed by atoms with E-state index in [1.807, 2.05) is 0 Å². The zero-order valence-electron chi connectivity index (χ0n) is 16.7. The molecule has 10 heteroatoms. The third-order valence-corrected chi connectivity index (χ3v) is 6.88. The molecule has 0 unspecified atom stereocenters. The smallest absolute Gasteiger partial charge is 0.406 e. The molecule has 2 aromatic rings. The minimum atomic E-state index is -4.75. The molecule has 0 saturated carbocycles. The Kier molecular flexibility index (Phi) is 7.22. The van der Waals surface area contributed by atoms with Crippen molar-refractivity contribution in [3.8, 4) is 5.75 Å². The van der Waals surface area contributed by atoms with E-state index in [4.69, 9.17) is 0 Å². The van der Waals surface area contributed by atoms with Gasteiger partial charge in [-0.2, -0.15) is 4.31 Å². The van der Waals surface area contributed by atoms with Crippen LogP contribution in [-0.4, -0.2) is 44.6 Å². The van der Waals surface area contributed by atoms with Crippen LogP contribution in [0.4, 0.5) is 13.2 Å². The number of amides is 1. The highest BCUT2D eigenvalue weighted by Crippen LogP contribution is 2.24. The third kappa shape index (κ3) is 6.20. The van der Waals surface area contributed by atoms with Gasteiger partial charge in [-0.25, -0.2) is 8.42 Å². The monoisotopic (exact) mass is 456 g/mol. The van der Waals surface area contributed by atoms with Gasteiger partial charge in [0.25, 0.3) is 5.91 Å². The summed E-state index contributed by atoms with van der Waals surface area (Å²) in [5, 5.41) is 2.68. The largest absolute Gasteiger partial charge is 0.573 e. The van der Waals surface area contributed by atoms with Crippen LogP contribution >= 0.6 is 0 Å². The van der Waals surface area contributed by atoms with E-state index >= 15 is 0 Å². The number of hydrogen-bond acceptors (Lipinski definition) is 4. The maximum atomic E-state index is 13.0. The Morgan fingerprint density at radius 1 is 1.00 bits per heavy atom. The number of halogens is 3. The van der Waals surface area contributed by atoms with Gasteiger partial charge in [0, 0.05) is 19.6 Å². The molecule has 1 amide bonds. The number of hydrogen-bond donors (Lipinski definition) is 1. The number of alkyl halides is 3. The molecular formula is C21H23F3N2O4S. The van der Waals surface area contributed by atoms with Gasteiger partial charge < -0.3 is 10.1 Å². The highest BCUT2D eigenvalue weighted by atomic mass is 32.2. The number of rotatable bonds is 7. The van der Waals surface area contributed by atoms with E-state index in [9.17, 15) is 26.4 Å². The van der Waals surface area contributed by atoms with Crippen LogP contribution in [0.1, 0.15) is 35.2 Å². The third-order valence-electron chi connectivity index (χ3n) is 4.92. The second kappa shape index (κ2) is 9.69. The van der Waals surface area contributed by atoms with E-state index < -0.39 is 22.3 Å². The molecule has 3 rings (SSSR count). The van der Waals surface area contributed by atoms with Gasteiger partial charge in [-0.05, 0) is 49.1 Å². The molecule has 0 spiro atoms. The van der Waals surface area contributed by atoms with Crippen LogP contribution in [0.15, 0.2) is 53.4 Å². The van der Waals surface area contributed by atoms with Crippen molar-refractivity contribution >= 4 is 15.9 Å². The SMILES string of the molecule is O=C(NCCc1ccc(OC(F)(F)F)cc1)c1ccccc1S(=O)(=O)N1CCCCC1. The molecule has 1 aliphatic heterocycles. The molecule has 6 nitrogen and oxygen atoms in total. The van der Waals surface area contributed by atoms with Crippen LogP contribution in [0.5, 0.6) is 5.75 Å². The van der Waals surface area contributed by atoms with Crippen LogP contribution < -0.4 is 10.1 Å². The van der Waals surface area contributed by atoms with E-state index in [2.05, 4.69) is 10.1 Å². The standard InChI is InChI=1S/C21H23F3N2O4S/c22-21(23,24)30-17-10-8-16(9-11-17)12-13-25-20(27)18-6-2-3-7-19(18)31(28,29)26-14-4-1-5-15-26/h2-3,6-11H,1,4-5,12-15H2,(H,25,27).